The molecule has 2 nitrogen and oxygen atoms in total. The van der Waals surface area contributed by atoms with Gasteiger partial charge in [0.05, 0.1) is 6.10 Å². The number of aromatic nitrogens is 1. The Bertz CT molecular complexity index is 286. The average molecular weight is 249 g/mol. The van der Waals surface area contributed by atoms with E-state index >= 15 is 0 Å². The van der Waals surface area contributed by atoms with Crippen LogP contribution in [0.15, 0.2) is 24.4 Å². The zero-order valence-corrected chi connectivity index (χ0v) is 11.6. The summed E-state index contributed by atoms with van der Waals surface area (Å²) in [5.41, 5.74) is 1.08. The van der Waals surface area contributed by atoms with Crippen LogP contribution in [0.1, 0.15) is 64.0 Å². The summed E-state index contributed by atoms with van der Waals surface area (Å²) in [6, 6.07) is 5.95. The third-order valence-electron chi connectivity index (χ3n) is 3.35. The maximum atomic E-state index is 9.89. The fourth-order valence-electron chi connectivity index (χ4n) is 2.17. The highest BCUT2D eigenvalue weighted by atomic mass is 16.3. The minimum atomic E-state index is -0.154. The first-order chi connectivity index (χ1) is 8.83. The summed E-state index contributed by atoms with van der Waals surface area (Å²) >= 11 is 0. The van der Waals surface area contributed by atoms with E-state index in [4.69, 9.17) is 0 Å². The van der Waals surface area contributed by atoms with Crippen LogP contribution in [0.4, 0.5) is 0 Å². The highest BCUT2D eigenvalue weighted by molar-refractivity contribution is 5.03. The lowest BCUT2D eigenvalue weighted by molar-refractivity contribution is 0.151. The normalized spacial score (nSPS) is 12.6. The van der Waals surface area contributed by atoms with E-state index in [9.17, 15) is 5.11 Å². The SMILES string of the molecule is CCCCCCCCC(O)CCc1ccccn1. The Morgan fingerprint density at radius 2 is 1.83 bits per heavy atom. The van der Waals surface area contributed by atoms with Gasteiger partial charge in [-0.05, 0) is 31.4 Å². The second-order valence-electron chi connectivity index (χ2n) is 5.07. The predicted octanol–water partition coefficient (Wildman–Crippen LogP) is 4.13. The van der Waals surface area contributed by atoms with E-state index in [1.807, 2.05) is 24.4 Å². The Kier molecular flexibility index (Phi) is 8.49. The average Bonchev–Trinajstić information content (AvgIpc) is 2.41. The Hall–Kier alpha value is -0.890. The maximum Gasteiger partial charge on any atom is 0.0544 e. The van der Waals surface area contributed by atoms with Gasteiger partial charge in [-0.1, -0.05) is 51.5 Å². The Balaban J connectivity index is 1.99. The molecule has 0 aliphatic carbocycles. The number of pyridine rings is 1. The minimum absolute atomic E-state index is 0.154. The molecule has 1 unspecified atom stereocenters. The molecular formula is C16H27NO. The molecule has 1 N–H and O–H groups in total. The fourth-order valence-corrected chi connectivity index (χ4v) is 2.17. The number of nitrogens with zero attached hydrogens (tertiary/aromatic N) is 1. The lowest BCUT2D eigenvalue weighted by Crippen LogP contribution is -2.08. The molecule has 0 bridgehead atoms. The van der Waals surface area contributed by atoms with E-state index in [-0.39, 0.29) is 6.10 Å². The molecule has 1 rings (SSSR count). The second kappa shape index (κ2) is 10.1. The van der Waals surface area contributed by atoms with Crippen molar-refractivity contribution < 1.29 is 5.11 Å². The number of aliphatic hydroxyl groups is 1. The van der Waals surface area contributed by atoms with Crippen molar-refractivity contribution in [3.05, 3.63) is 30.1 Å². The van der Waals surface area contributed by atoms with E-state index in [2.05, 4.69) is 11.9 Å². The summed E-state index contributed by atoms with van der Waals surface area (Å²) in [7, 11) is 0. The van der Waals surface area contributed by atoms with E-state index in [0.29, 0.717) is 0 Å². The molecule has 1 atom stereocenters. The molecule has 0 fully saturated rings. The van der Waals surface area contributed by atoms with E-state index < -0.39 is 0 Å². The molecule has 102 valence electrons. The molecule has 0 spiro atoms. The molecular weight excluding hydrogens is 222 g/mol. The molecule has 0 saturated carbocycles. The van der Waals surface area contributed by atoms with Gasteiger partial charge in [0.15, 0.2) is 0 Å². The molecule has 0 amide bonds. The zero-order valence-electron chi connectivity index (χ0n) is 11.6. The predicted molar refractivity (Wildman–Crippen MR) is 76.6 cm³/mol. The summed E-state index contributed by atoms with van der Waals surface area (Å²) in [6.07, 6.45) is 12.1. The number of hydrogen-bond donors (Lipinski definition) is 1. The summed E-state index contributed by atoms with van der Waals surface area (Å²) in [6.45, 7) is 2.24. The summed E-state index contributed by atoms with van der Waals surface area (Å²) in [5.74, 6) is 0. The van der Waals surface area contributed by atoms with Crippen molar-refractivity contribution in [1.82, 2.24) is 4.98 Å². The van der Waals surface area contributed by atoms with Gasteiger partial charge in [0.2, 0.25) is 0 Å². The van der Waals surface area contributed by atoms with Gasteiger partial charge in [0.25, 0.3) is 0 Å². The first kappa shape index (κ1) is 15.2. The van der Waals surface area contributed by atoms with Crippen molar-refractivity contribution >= 4 is 0 Å². The molecule has 0 aliphatic rings. The molecule has 0 aliphatic heterocycles. The van der Waals surface area contributed by atoms with Crippen LogP contribution in [-0.4, -0.2) is 16.2 Å². The highest BCUT2D eigenvalue weighted by Crippen LogP contribution is 2.11. The largest absolute Gasteiger partial charge is 0.393 e. The standard InChI is InChI=1S/C16H27NO/c1-2-3-4-5-6-7-11-16(18)13-12-15-10-8-9-14-17-15/h8-10,14,16,18H,2-7,11-13H2,1H3. The van der Waals surface area contributed by atoms with Crippen LogP contribution >= 0.6 is 0 Å². The number of aliphatic hydroxyl groups excluding tert-OH is 1. The first-order valence-corrected chi connectivity index (χ1v) is 7.41. The molecule has 0 saturated heterocycles. The first-order valence-electron chi connectivity index (χ1n) is 7.41. The van der Waals surface area contributed by atoms with Gasteiger partial charge in [-0.2, -0.15) is 0 Å². The van der Waals surface area contributed by atoms with Crippen LogP contribution in [-0.2, 0) is 6.42 Å². The van der Waals surface area contributed by atoms with Gasteiger partial charge in [0.1, 0.15) is 0 Å². The summed E-state index contributed by atoms with van der Waals surface area (Å²) < 4.78 is 0. The van der Waals surface area contributed by atoms with Gasteiger partial charge in [0, 0.05) is 11.9 Å². The van der Waals surface area contributed by atoms with Crippen molar-refractivity contribution in [3.8, 4) is 0 Å². The highest BCUT2D eigenvalue weighted by Gasteiger charge is 2.04. The van der Waals surface area contributed by atoms with Crippen LogP contribution in [0.2, 0.25) is 0 Å². The molecule has 1 aromatic heterocycles. The van der Waals surface area contributed by atoms with E-state index in [0.717, 1.165) is 31.4 Å². The monoisotopic (exact) mass is 249 g/mol. The van der Waals surface area contributed by atoms with Crippen molar-refractivity contribution in [2.24, 2.45) is 0 Å². The molecule has 1 heterocycles. The smallest absolute Gasteiger partial charge is 0.0544 e. The van der Waals surface area contributed by atoms with Gasteiger partial charge in [-0.3, -0.25) is 4.98 Å². The number of hydrogen-bond acceptors (Lipinski definition) is 2. The van der Waals surface area contributed by atoms with Crippen molar-refractivity contribution in [3.63, 3.8) is 0 Å². The number of rotatable bonds is 10. The lowest BCUT2D eigenvalue weighted by Gasteiger charge is -2.09. The van der Waals surface area contributed by atoms with Crippen LogP contribution < -0.4 is 0 Å². The topological polar surface area (TPSA) is 33.1 Å². The van der Waals surface area contributed by atoms with Crippen molar-refractivity contribution in [1.29, 1.82) is 0 Å². The van der Waals surface area contributed by atoms with Gasteiger partial charge < -0.3 is 5.11 Å². The third kappa shape index (κ3) is 7.44. The molecule has 18 heavy (non-hydrogen) atoms. The Morgan fingerprint density at radius 1 is 1.06 bits per heavy atom. The fraction of sp³-hybridized carbons (Fsp3) is 0.688. The molecule has 0 radical (unpaired) electrons. The summed E-state index contributed by atoms with van der Waals surface area (Å²) in [4.78, 5) is 4.27. The van der Waals surface area contributed by atoms with Crippen molar-refractivity contribution in [2.75, 3.05) is 0 Å². The number of unbranched alkanes of at least 4 members (excludes halogenated alkanes) is 5. The van der Waals surface area contributed by atoms with Crippen molar-refractivity contribution in [2.45, 2.75) is 70.8 Å². The molecule has 2 heteroatoms. The van der Waals surface area contributed by atoms with Crippen LogP contribution in [0, 0.1) is 0 Å². The maximum absolute atomic E-state index is 9.89. The van der Waals surface area contributed by atoms with Crippen LogP contribution in [0.25, 0.3) is 0 Å². The van der Waals surface area contributed by atoms with Gasteiger partial charge in [-0.15, -0.1) is 0 Å². The van der Waals surface area contributed by atoms with Crippen LogP contribution in [0.3, 0.4) is 0 Å². The van der Waals surface area contributed by atoms with Crippen LogP contribution in [0.5, 0.6) is 0 Å². The minimum Gasteiger partial charge on any atom is -0.393 e. The van der Waals surface area contributed by atoms with E-state index in [1.54, 1.807) is 0 Å². The summed E-state index contributed by atoms with van der Waals surface area (Å²) in [5, 5.41) is 9.89. The zero-order chi connectivity index (χ0) is 13.1. The lowest BCUT2D eigenvalue weighted by atomic mass is 10.0. The molecule has 1 aromatic rings. The third-order valence-corrected chi connectivity index (χ3v) is 3.35. The van der Waals surface area contributed by atoms with Gasteiger partial charge in [-0.25, -0.2) is 0 Å². The van der Waals surface area contributed by atoms with E-state index in [1.165, 1.54) is 32.1 Å². The molecule has 0 aromatic carbocycles. The quantitative estimate of drug-likeness (QED) is 0.633. The van der Waals surface area contributed by atoms with Gasteiger partial charge >= 0.3 is 0 Å². The number of aryl methyl sites for hydroxylation is 1. The second-order valence-corrected chi connectivity index (χ2v) is 5.07. The Labute approximate surface area is 111 Å². The Morgan fingerprint density at radius 3 is 2.56 bits per heavy atom.